The number of aldehydes is 1. The minimum atomic E-state index is 0.359. The number of aryl methyl sites for hydroxylation is 1. The Morgan fingerprint density at radius 2 is 2.00 bits per heavy atom. The zero-order chi connectivity index (χ0) is 10.0. The highest BCUT2D eigenvalue weighted by molar-refractivity contribution is 6.31. The first kappa shape index (κ1) is 10.3. The summed E-state index contributed by atoms with van der Waals surface area (Å²) in [5.74, 6) is 0.359. The second kappa shape index (κ2) is 3.93. The fourth-order valence-corrected chi connectivity index (χ4v) is 1.95. The Kier molecular flexibility index (Phi) is 3.10. The van der Waals surface area contributed by atoms with Crippen LogP contribution < -0.4 is 0 Å². The van der Waals surface area contributed by atoms with Crippen LogP contribution in [0.1, 0.15) is 41.3 Å². The summed E-state index contributed by atoms with van der Waals surface area (Å²) in [4.78, 5) is 10.8. The molecule has 0 bridgehead atoms. The summed E-state index contributed by atoms with van der Waals surface area (Å²) in [7, 11) is 0. The van der Waals surface area contributed by atoms with E-state index >= 15 is 0 Å². The number of carbonyl (C=O) groups is 1. The van der Waals surface area contributed by atoms with Gasteiger partial charge in [-0.25, -0.2) is 0 Å². The van der Waals surface area contributed by atoms with Gasteiger partial charge in [0.2, 0.25) is 0 Å². The molecule has 0 spiro atoms. The number of hydrogen-bond donors (Lipinski definition) is 0. The normalized spacial score (nSPS) is 10.5. The highest BCUT2D eigenvalue weighted by Crippen LogP contribution is 2.25. The van der Waals surface area contributed by atoms with Crippen molar-refractivity contribution < 1.29 is 4.79 Å². The van der Waals surface area contributed by atoms with E-state index in [1.54, 1.807) is 6.07 Å². The van der Waals surface area contributed by atoms with Gasteiger partial charge in [-0.3, -0.25) is 4.79 Å². The lowest BCUT2D eigenvalue weighted by Crippen LogP contribution is -1.98. The summed E-state index contributed by atoms with van der Waals surface area (Å²) >= 11 is 5.85. The Morgan fingerprint density at radius 3 is 2.46 bits per heavy atom. The molecule has 2 heteroatoms. The lowest BCUT2D eigenvalue weighted by atomic mass is 9.93. The molecule has 70 valence electrons. The molecule has 13 heavy (non-hydrogen) atoms. The van der Waals surface area contributed by atoms with E-state index in [0.29, 0.717) is 16.5 Å². The third-order valence-corrected chi connectivity index (χ3v) is 2.31. The fraction of sp³-hybridized carbons (Fsp3) is 0.364. The van der Waals surface area contributed by atoms with Crippen molar-refractivity contribution in [3.63, 3.8) is 0 Å². The molecule has 1 rings (SSSR count). The van der Waals surface area contributed by atoms with Crippen molar-refractivity contribution in [1.82, 2.24) is 0 Å². The maximum atomic E-state index is 10.8. The molecule has 0 aliphatic rings. The summed E-state index contributed by atoms with van der Waals surface area (Å²) in [6.45, 7) is 6.13. The van der Waals surface area contributed by atoms with Gasteiger partial charge in [-0.2, -0.15) is 0 Å². The lowest BCUT2D eigenvalue weighted by Gasteiger charge is -2.12. The molecule has 1 nitrogen and oxygen atoms in total. The average molecular weight is 197 g/mol. The molecule has 0 atom stereocenters. The number of benzene rings is 1. The van der Waals surface area contributed by atoms with Gasteiger partial charge in [0.15, 0.2) is 0 Å². The molecule has 0 N–H and O–H groups in total. The molecule has 0 fully saturated rings. The van der Waals surface area contributed by atoms with Crippen molar-refractivity contribution in [1.29, 1.82) is 0 Å². The second-order valence-electron chi connectivity index (χ2n) is 3.50. The van der Waals surface area contributed by atoms with Gasteiger partial charge in [0.05, 0.1) is 0 Å². The molecule has 1 aromatic rings. The monoisotopic (exact) mass is 196 g/mol. The van der Waals surface area contributed by atoms with E-state index in [1.807, 2.05) is 13.0 Å². The summed E-state index contributed by atoms with van der Waals surface area (Å²) < 4.78 is 0. The quantitative estimate of drug-likeness (QED) is 0.661. The number of hydrogen-bond acceptors (Lipinski definition) is 1. The van der Waals surface area contributed by atoms with E-state index in [9.17, 15) is 4.79 Å². The van der Waals surface area contributed by atoms with Crippen LogP contribution in [0, 0.1) is 6.92 Å². The van der Waals surface area contributed by atoms with Crippen LogP contribution in [0.15, 0.2) is 12.1 Å². The van der Waals surface area contributed by atoms with E-state index in [0.717, 1.165) is 17.4 Å². The molecule has 0 saturated carbocycles. The number of carbonyl (C=O) groups excluding carboxylic acids is 1. The zero-order valence-electron chi connectivity index (χ0n) is 8.10. The molecule has 1 aromatic carbocycles. The molecular weight excluding hydrogens is 184 g/mol. The van der Waals surface area contributed by atoms with Crippen LogP contribution in [0.3, 0.4) is 0 Å². The second-order valence-corrected chi connectivity index (χ2v) is 3.93. The first-order valence-electron chi connectivity index (χ1n) is 4.31. The minimum absolute atomic E-state index is 0.359. The third-order valence-electron chi connectivity index (χ3n) is 2.09. The van der Waals surface area contributed by atoms with Gasteiger partial charge in [-0.15, -0.1) is 0 Å². The molecule has 0 heterocycles. The Morgan fingerprint density at radius 1 is 1.38 bits per heavy atom. The van der Waals surface area contributed by atoms with E-state index in [-0.39, 0.29) is 0 Å². The van der Waals surface area contributed by atoms with Crippen LogP contribution in [0.4, 0.5) is 0 Å². The molecule has 0 amide bonds. The average Bonchev–Trinajstić information content (AvgIpc) is 2.01. The van der Waals surface area contributed by atoms with Crippen molar-refractivity contribution in [2.45, 2.75) is 26.7 Å². The summed E-state index contributed by atoms with van der Waals surface area (Å²) in [6, 6.07) is 3.61. The Balaban J connectivity index is 3.38. The first-order valence-corrected chi connectivity index (χ1v) is 4.69. The predicted octanol–water partition coefficient (Wildman–Crippen LogP) is 3.58. The van der Waals surface area contributed by atoms with Crippen LogP contribution in [0.5, 0.6) is 0 Å². The van der Waals surface area contributed by atoms with Crippen LogP contribution in [0.25, 0.3) is 0 Å². The van der Waals surface area contributed by atoms with Gasteiger partial charge in [-0.1, -0.05) is 25.4 Å². The van der Waals surface area contributed by atoms with Crippen LogP contribution >= 0.6 is 11.6 Å². The van der Waals surface area contributed by atoms with E-state index in [1.165, 1.54) is 0 Å². The largest absolute Gasteiger partial charge is 0.298 e. The van der Waals surface area contributed by atoms with Gasteiger partial charge in [-0.05, 0) is 36.1 Å². The Labute approximate surface area is 83.7 Å². The van der Waals surface area contributed by atoms with Crippen molar-refractivity contribution >= 4 is 17.9 Å². The molecular formula is C11H13ClO. The summed E-state index contributed by atoms with van der Waals surface area (Å²) in [5, 5.41) is 0.629. The van der Waals surface area contributed by atoms with Gasteiger partial charge < -0.3 is 0 Å². The summed E-state index contributed by atoms with van der Waals surface area (Å²) in [6.07, 6.45) is 0.869. The molecule has 0 aromatic heterocycles. The van der Waals surface area contributed by atoms with Crippen LogP contribution in [0.2, 0.25) is 5.02 Å². The standard InChI is InChI=1S/C11H13ClO/c1-7(2)11-8(3)4-10(12)5-9(11)6-13/h4-7H,1-3H3. The van der Waals surface area contributed by atoms with E-state index in [4.69, 9.17) is 11.6 Å². The molecule has 0 saturated heterocycles. The minimum Gasteiger partial charge on any atom is -0.298 e. The topological polar surface area (TPSA) is 17.1 Å². The fourth-order valence-electron chi connectivity index (χ4n) is 1.67. The first-order chi connectivity index (χ1) is 6.06. The molecule has 0 aliphatic heterocycles. The van der Waals surface area contributed by atoms with Crippen molar-refractivity contribution in [3.8, 4) is 0 Å². The smallest absolute Gasteiger partial charge is 0.150 e. The predicted molar refractivity (Wildman–Crippen MR) is 55.7 cm³/mol. The Hall–Kier alpha value is -0.820. The van der Waals surface area contributed by atoms with Crippen molar-refractivity contribution in [2.24, 2.45) is 0 Å². The SMILES string of the molecule is Cc1cc(Cl)cc(C=O)c1C(C)C. The maximum absolute atomic E-state index is 10.8. The van der Waals surface area contributed by atoms with Crippen LogP contribution in [-0.4, -0.2) is 6.29 Å². The van der Waals surface area contributed by atoms with Crippen molar-refractivity contribution in [2.75, 3.05) is 0 Å². The van der Waals surface area contributed by atoms with E-state index < -0.39 is 0 Å². The Bertz CT molecular complexity index is 329. The summed E-state index contributed by atoms with van der Waals surface area (Å²) in [5.41, 5.74) is 2.89. The molecule has 0 unspecified atom stereocenters. The number of rotatable bonds is 2. The van der Waals surface area contributed by atoms with Crippen LogP contribution in [-0.2, 0) is 0 Å². The van der Waals surface area contributed by atoms with Gasteiger partial charge in [0.1, 0.15) is 6.29 Å². The van der Waals surface area contributed by atoms with Gasteiger partial charge in [0, 0.05) is 10.6 Å². The third kappa shape index (κ3) is 2.10. The zero-order valence-corrected chi connectivity index (χ0v) is 8.85. The molecule has 0 aliphatic carbocycles. The maximum Gasteiger partial charge on any atom is 0.150 e. The van der Waals surface area contributed by atoms with Gasteiger partial charge >= 0.3 is 0 Å². The van der Waals surface area contributed by atoms with E-state index in [2.05, 4.69) is 13.8 Å². The highest BCUT2D eigenvalue weighted by atomic mass is 35.5. The molecule has 0 radical (unpaired) electrons. The van der Waals surface area contributed by atoms with Crippen molar-refractivity contribution in [3.05, 3.63) is 33.8 Å². The lowest BCUT2D eigenvalue weighted by molar-refractivity contribution is 0.112. The highest BCUT2D eigenvalue weighted by Gasteiger charge is 2.09. The number of halogens is 1. The van der Waals surface area contributed by atoms with Gasteiger partial charge in [0.25, 0.3) is 0 Å².